The number of carbonyl (C=O) groups is 1. The molecule has 0 aliphatic heterocycles. The van der Waals surface area contributed by atoms with Gasteiger partial charge in [0.15, 0.2) is 18.1 Å². The predicted molar refractivity (Wildman–Crippen MR) is 90.7 cm³/mol. The standard InChI is InChI=1S/C18H17N3O3/c1-23-16-5-2-3-6-17(16)24-13-18(22)20-14-7-9-15(10-8-14)21-12-4-11-19-21/h2-12H,13H2,1H3,(H,20,22). The lowest BCUT2D eigenvalue weighted by Crippen LogP contribution is -2.20. The maximum atomic E-state index is 12.0. The zero-order valence-corrected chi connectivity index (χ0v) is 13.2. The number of aromatic nitrogens is 2. The number of amides is 1. The van der Waals surface area contributed by atoms with Gasteiger partial charge in [-0.1, -0.05) is 12.1 Å². The van der Waals surface area contributed by atoms with Crippen molar-refractivity contribution in [1.29, 1.82) is 0 Å². The maximum absolute atomic E-state index is 12.0. The Balaban J connectivity index is 1.57. The molecule has 0 saturated carbocycles. The molecule has 0 radical (unpaired) electrons. The molecule has 0 unspecified atom stereocenters. The third-order valence-electron chi connectivity index (χ3n) is 3.35. The molecule has 0 fully saturated rings. The van der Waals surface area contributed by atoms with E-state index in [4.69, 9.17) is 9.47 Å². The van der Waals surface area contributed by atoms with Gasteiger partial charge >= 0.3 is 0 Å². The second-order valence-corrected chi connectivity index (χ2v) is 4.99. The molecule has 0 bridgehead atoms. The lowest BCUT2D eigenvalue weighted by atomic mass is 10.3. The fourth-order valence-electron chi connectivity index (χ4n) is 2.20. The number of para-hydroxylation sites is 2. The van der Waals surface area contributed by atoms with Crippen molar-refractivity contribution in [3.8, 4) is 17.2 Å². The van der Waals surface area contributed by atoms with Crippen LogP contribution in [-0.4, -0.2) is 29.4 Å². The third kappa shape index (κ3) is 3.73. The summed E-state index contributed by atoms with van der Waals surface area (Å²) in [5.74, 6) is 0.880. The molecule has 24 heavy (non-hydrogen) atoms. The topological polar surface area (TPSA) is 65.4 Å². The van der Waals surface area contributed by atoms with Crippen LogP contribution in [0.2, 0.25) is 0 Å². The van der Waals surface area contributed by atoms with Gasteiger partial charge in [0.1, 0.15) is 0 Å². The van der Waals surface area contributed by atoms with Gasteiger partial charge in [0.25, 0.3) is 5.91 Å². The molecule has 6 nitrogen and oxygen atoms in total. The molecule has 0 atom stereocenters. The van der Waals surface area contributed by atoms with Crippen molar-refractivity contribution < 1.29 is 14.3 Å². The summed E-state index contributed by atoms with van der Waals surface area (Å²) >= 11 is 0. The number of carbonyl (C=O) groups excluding carboxylic acids is 1. The second-order valence-electron chi connectivity index (χ2n) is 4.99. The minimum Gasteiger partial charge on any atom is -0.493 e. The molecular formula is C18H17N3O3. The van der Waals surface area contributed by atoms with E-state index in [1.807, 2.05) is 48.7 Å². The van der Waals surface area contributed by atoms with Crippen LogP contribution in [0.15, 0.2) is 67.0 Å². The smallest absolute Gasteiger partial charge is 0.262 e. The lowest BCUT2D eigenvalue weighted by Gasteiger charge is -2.10. The van der Waals surface area contributed by atoms with Crippen LogP contribution in [0.1, 0.15) is 0 Å². The van der Waals surface area contributed by atoms with Crippen molar-refractivity contribution in [3.05, 3.63) is 67.0 Å². The minimum atomic E-state index is -0.243. The van der Waals surface area contributed by atoms with Gasteiger partial charge in [0, 0.05) is 18.1 Å². The van der Waals surface area contributed by atoms with Crippen LogP contribution in [0, 0.1) is 0 Å². The molecule has 3 aromatic rings. The van der Waals surface area contributed by atoms with Crippen molar-refractivity contribution in [2.24, 2.45) is 0 Å². The third-order valence-corrected chi connectivity index (χ3v) is 3.35. The van der Waals surface area contributed by atoms with E-state index in [0.29, 0.717) is 17.2 Å². The highest BCUT2D eigenvalue weighted by molar-refractivity contribution is 5.92. The quantitative estimate of drug-likeness (QED) is 0.757. The Morgan fingerprint density at radius 3 is 2.50 bits per heavy atom. The van der Waals surface area contributed by atoms with Crippen molar-refractivity contribution in [2.75, 3.05) is 19.0 Å². The first-order valence-corrected chi connectivity index (χ1v) is 7.42. The Bertz CT molecular complexity index is 799. The van der Waals surface area contributed by atoms with Crippen LogP contribution in [-0.2, 0) is 4.79 Å². The highest BCUT2D eigenvalue weighted by Crippen LogP contribution is 2.25. The average Bonchev–Trinajstić information content (AvgIpc) is 3.15. The first kappa shape index (κ1) is 15.6. The van der Waals surface area contributed by atoms with Crippen molar-refractivity contribution >= 4 is 11.6 Å². The highest BCUT2D eigenvalue weighted by atomic mass is 16.5. The minimum absolute atomic E-state index is 0.0960. The molecule has 0 aliphatic carbocycles. The fraction of sp³-hybridized carbons (Fsp3) is 0.111. The Kier molecular flexibility index (Phi) is 4.76. The number of methoxy groups -OCH3 is 1. The Labute approximate surface area is 139 Å². The lowest BCUT2D eigenvalue weighted by molar-refractivity contribution is -0.118. The number of ether oxygens (including phenoxy) is 2. The predicted octanol–water partition coefficient (Wildman–Crippen LogP) is 2.90. The van der Waals surface area contributed by atoms with Crippen LogP contribution >= 0.6 is 0 Å². The first-order chi connectivity index (χ1) is 11.8. The number of hydrogen-bond acceptors (Lipinski definition) is 4. The Morgan fingerprint density at radius 1 is 1.08 bits per heavy atom. The maximum Gasteiger partial charge on any atom is 0.262 e. The molecule has 0 saturated heterocycles. The summed E-state index contributed by atoms with van der Waals surface area (Å²) in [7, 11) is 1.56. The van der Waals surface area contributed by atoms with E-state index < -0.39 is 0 Å². The Morgan fingerprint density at radius 2 is 1.83 bits per heavy atom. The van der Waals surface area contributed by atoms with Gasteiger partial charge < -0.3 is 14.8 Å². The number of nitrogens with zero attached hydrogens (tertiary/aromatic N) is 2. The summed E-state index contributed by atoms with van der Waals surface area (Å²) in [5.41, 5.74) is 1.61. The molecule has 3 rings (SSSR count). The van der Waals surface area contributed by atoms with Gasteiger partial charge in [-0.3, -0.25) is 4.79 Å². The SMILES string of the molecule is COc1ccccc1OCC(=O)Nc1ccc(-n2cccn2)cc1. The van der Waals surface area contributed by atoms with Gasteiger partial charge in [0.2, 0.25) is 0 Å². The largest absolute Gasteiger partial charge is 0.493 e. The molecular weight excluding hydrogens is 306 g/mol. The van der Waals surface area contributed by atoms with E-state index in [1.165, 1.54) is 0 Å². The van der Waals surface area contributed by atoms with Crippen molar-refractivity contribution in [2.45, 2.75) is 0 Å². The molecule has 1 amide bonds. The van der Waals surface area contributed by atoms with Gasteiger partial charge in [-0.05, 0) is 42.5 Å². The van der Waals surface area contributed by atoms with E-state index >= 15 is 0 Å². The number of hydrogen-bond donors (Lipinski definition) is 1. The molecule has 122 valence electrons. The molecule has 2 aromatic carbocycles. The van der Waals surface area contributed by atoms with Crippen LogP contribution in [0.25, 0.3) is 5.69 Å². The van der Waals surface area contributed by atoms with E-state index in [1.54, 1.807) is 30.1 Å². The van der Waals surface area contributed by atoms with Gasteiger partial charge in [-0.2, -0.15) is 5.10 Å². The summed E-state index contributed by atoms with van der Waals surface area (Å²) in [6.07, 6.45) is 3.57. The molecule has 1 N–H and O–H groups in total. The average molecular weight is 323 g/mol. The van der Waals surface area contributed by atoms with Crippen LogP contribution in [0.5, 0.6) is 11.5 Å². The van der Waals surface area contributed by atoms with Gasteiger partial charge in [-0.15, -0.1) is 0 Å². The molecule has 1 heterocycles. The summed E-state index contributed by atoms with van der Waals surface area (Å²) in [4.78, 5) is 12.0. The monoisotopic (exact) mass is 323 g/mol. The summed E-state index contributed by atoms with van der Waals surface area (Å²) in [5, 5.41) is 6.94. The van der Waals surface area contributed by atoms with Gasteiger partial charge in [0.05, 0.1) is 12.8 Å². The zero-order chi connectivity index (χ0) is 16.8. The van der Waals surface area contributed by atoms with E-state index in [0.717, 1.165) is 5.69 Å². The highest BCUT2D eigenvalue weighted by Gasteiger charge is 2.07. The fourth-order valence-corrected chi connectivity index (χ4v) is 2.20. The van der Waals surface area contributed by atoms with E-state index in [2.05, 4.69) is 10.4 Å². The summed E-state index contributed by atoms with van der Waals surface area (Å²) < 4.78 is 12.4. The number of benzene rings is 2. The Hall–Kier alpha value is -3.28. The van der Waals surface area contributed by atoms with Crippen LogP contribution in [0.4, 0.5) is 5.69 Å². The number of anilines is 1. The molecule has 0 aliphatic rings. The van der Waals surface area contributed by atoms with Crippen molar-refractivity contribution in [1.82, 2.24) is 9.78 Å². The second kappa shape index (κ2) is 7.32. The van der Waals surface area contributed by atoms with Gasteiger partial charge in [-0.25, -0.2) is 4.68 Å². The molecule has 6 heteroatoms. The molecule has 0 spiro atoms. The summed E-state index contributed by atoms with van der Waals surface area (Å²) in [6.45, 7) is -0.0960. The summed E-state index contributed by atoms with van der Waals surface area (Å²) in [6, 6.07) is 16.4. The number of nitrogens with one attached hydrogen (secondary N) is 1. The number of rotatable bonds is 6. The zero-order valence-electron chi connectivity index (χ0n) is 13.2. The molecule has 1 aromatic heterocycles. The first-order valence-electron chi connectivity index (χ1n) is 7.42. The van der Waals surface area contributed by atoms with E-state index in [9.17, 15) is 4.79 Å². The van der Waals surface area contributed by atoms with Crippen LogP contribution in [0.3, 0.4) is 0 Å². The normalized spacial score (nSPS) is 10.2. The van der Waals surface area contributed by atoms with E-state index in [-0.39, 0.29) is 12.5 Å². The van der Waals surface area contributed by atoms with Crippen molar-refractivity contribution in [3.63, 3.8) is 0 Å². The van der Waals surface area contributed by atoms with Crippen LogP contribution < -0.4 is 14.8 Å².